The number of aromatic hydroxyl groups is 2. The molecule has 0 aliphatic carbocycles. The Bertz CT molecular complexity index is 592. The summed E-state index contributed by atoms with van der Waals surface area (Å²) in [5.41, 5.74) is 1.79. The standard InChI is InChI=1S/2C13H20O2/c2*1-2-3-4-5-6-13(15)11-7-9-12(14)10-8-11/h2*7-10,13-15H,2-6H2,1H3/t13-;/m0./s1. The summed E-state index contributed by atoms with van der Waals surface area (Å²) in [4.78, 5) is 0. The summed E-state index contributed by atoms with van der Waals surface area (Å²) in [6.45, 7) is 4.35. The lowest BCUT2D eigenvalue weighted by Gasteiger charge is -2.10. The molecule has 4 nitrogen and oxygen atoms in total. The van der Waals surface area contributed by atoms with E-state index in [0.717, 1.165) is 36.8 Å². The number of benzene rings is 2. The van der Waals surface area contributed by atoms with Gasteiger partial charge in [0.15, 0.2) is 0 Å². The molecule has 2 rings (SSSR count). The highest BCUT2D eigenvalue weighted by atomic mass is 16.3. The molecule has 2 aromatic rings. The van der Waals surface area contributed by atoms with E-state index in [9.17, 15) is 10.2 Å². The van der Waals surface area contributed by atoms with E-state index in [1.165, 1.54) is 38.5 Å². The molecule has 0 saturated carbocycles. The van der Waals surface area contributed by atoms with Gasteiger partial charge in [0.25, 0.3) is 0 Å². The maximum atomic E-state index is 9.83. The minimum Gasteiger partial charge on any atom is -0.508 e. The van der Waals surface area contributed by atoms with Gasteiger partial charge >= 0.3 is 0 Å². The van der Waals surface area contributed by atoms with Gasteiger partial charge in [0.1, 0.15) is 11.5 Å². The van der Waals surface area contributed by atoms with E-state index in [4.69, 9.17) is 10.2 Å². The maximum absolute atomic E-state index is 9.83. The minimum atomic E-state index is -0.387. The Morgan fingerprint density at radius 3 is 1.17 bits per heavy atom. The first-order valence-corrected chi connectivity index (χ1v) is 11.4. The fourth-order valence-electron chi connectivity index (χ4n) is 3.26. The van der Waals surface area contributed by atoms with Crippen LogP contribution in [0.15, 0.2) is 48.5 Å². The first kappa shape index (κ1) is 26.0. The Labute approximate surface area is 182 Å². The van der Waals surface area contributed by atoms with Crippen molar-refractivity contribution in [2.45, 2.75) is 90.3 Å². The van der Waals surface area contributed by atoms with Crippen molar-refractivity contribution in [1.29, 1.82) is 0 Å². The molecule has 0 aliphatic heterocycles. The molecule has 0 radical (unpaired) electrons. The van der Waals surface area contributed by atoms with Gasteiger partial charge in [0, 0.05) is 0 Å². The summed E-state index contributed by atoms with van der Waals surface area (Å²) < 4.78 is 0. The zero-order chi connectivity index (χ0) is 22.2. The molecule has 0 fully saturated rings. The van der Waals surface area contributed by atoms with Crippen molar-refractivity contribution in [2.75, 3.05) is 0 Å². The van der Waals surface area contributed by atoms with E-state index < -0.39 is 0 Å². The topological polar surface area (TPSA) is 80.9 Å². The fourth-order valence-corrected chi connectivity index (χ4v) is 3.26. The molecular formula is C26H40O4. The van der Waals surface area contributed by atoms with Crippen LogP contribution in [0, 0.1) is 0 Å². The molecule has 30 heavy (non-hydrogen) atoms. The molecule has 4 heteroatoms. The molecule has 2 aromatic carbocycles. The number of phenols is 2. The molecule has 4 N–H and O–H groups in total. The van der Waals surface area contributed by atoms with Crippen molar-refractivity contribution in [1.82, 2.24) is 0 Å². The highest BCUT2D eigenvalue weighted by Crippen LogP contribution is 2.22. The third-order valence-corrected chi connectivity index (χ3v) is 5.22. The fraction of sp³-hybridized carbons (Fsp3) is 0.538. The second kappa shape index (κ2) is 15.8. The van der Waals surface area contributed by atoms with Crippen LogP contribution in [0.1, 0.15) is 101 Å². The Hall–Kier alpha value is -2.04. The van der Waals surface area contributed by atoms with E-state index >= 15 is 0 Å². The van der Waals surface area contributed by atoms with E-state index in [2.05, 4.69) is 13.8 Å². The first-order valence-electron chi connectivity index (χ1n) is 11.4. The summed E-state index contributed by atoms with van der Waals surface area (Å²) >= 11 is 0. The Morgan fingerprint density at radius 2 is 0.867 bits per heavy atom. The second-order valence-electron chi connectivity index (χ2n) is 7.91. The number of hydrogen-bond donors (Lipinski definition) is 4. The number of hydrogen-bond acceptors (Lipinski definition) is 4. The molecule has 0 saturated heterocycles. The highest BCUT2D eigenvalue weighted by molar-refractivity contribution is 5.27. The molecule has 1 unspecified atom stereocenters. The van der Waals surface area contributed by atoms with Crippen molar-refractivity contribution in [2.24, 2.45) is 0 Å². The molecule has 168 valence electrons. The van der Waals surface area contributed by atoms with Crippen LogP contribution < -0.4 is 0 Å². The maximum Gasteiger partial charge on any atom is 0.115 e. The lowest BCUT2D eigenvalue weighted by Crippen LogP contribution is -1.96. The summed E-state index contributed by atoms with van der Waals surface area (Å²) in [6.07, 6.45) is 10.3. The van der Waals surface area contributed by atoms with Crippen LogP contribution in [0.2, 0.25) is 0 Å². The molecule has 0 bridgehead atoms. The quantitative estimate of drug-likeness (QED) is 0.287. The molecular weight excluding hydrogens is 376 g/mol. The van der Waals surface area contributed by atoms with Gasteiger partial charge in [-0.3, -0.25) is 0 Å². The third-order valence-electron chi connectivity index (χ3n) is 5.22. The van der Waals surface area contributed by atoms with Crippen LogP contribution in [-0.4, -0.2) is 20.4 Å². The monoisotopic (exact) mass is 416 g/mol. The molecule has 2 atom stereocenters. The first-order chi connectivity index (χ1) is 14.5. The van der Waals surface area contributed by atoms with Crippen LogP contribution in [0.4, 0.5) is 0 Å². The van der Waals surface area contributed by atoms with Crippen molar-refractivity contribution in [3.05, 3.63) is 59.7 Å². The zero-order valence-electron chi connectivity index (χ0n) is 18.6. The van der Waals surface area contributed by atoms with Gasteiger partial charge in [0.05, 0.1) is 12.2 Å². The smallest absolute Gasteiger partial charge is 0.115 e. The number of phenolic OH excluding ortho intramolecular Hbond substituents is 2. The normalized spacial score (nSPS) is 12.7. The van der Waals surface area contributed by atoms with Gasteiger partial charge in [-0.15, -0.1) is 0 Å². The minimum absolute atomic E-state index is 0.247. The lowest BCUT2D eigenvalue weighted by atomic mass is 10.0. The van der Waals surface area contributed by atoms with Crippen molar-refractivity contribution in [3.63, 3.8) is 0 Å². The van der Waals surface area contributed by atoms with Gasteiger partial charge in [-0.05, 0) is 48.2 Å². The molecule has 0 aliphatic rings. The Kier molecular flexibility index (Phi) is 13.7. The number of aliphatic hydroxyl groups is 2. The number of aliphatic hydroxyl groups excluding tert-OH is 2. The summed E-state index contributed by atoms with van der Waals surface area (Å²) in [7, 11) is 0. The van der Waals surface area contributed by atoms with E-state index in [1.807, 2.05) is 0 Å². The Morgan fingerprint density at radius 1 is 0.533 bits per heavy atom. The van der Waals surface area contributed by atoms with Gasteiger partial charge < -0.3 is 20.4 Å². The van der Waals surface area contributed by atoms with Gasteiger partial charge in [-0.2, -0.15) is 0 Å². The zero-order valence-corrected chi connectivity index (χ0v) is 18.6. The summed E-state index contributed by atoms with van der Waals surface area (Å²) in [5, 5.41) is 37.9. The van der Waals surface area contributed by atoms with Gasteiger partial charge in [-0.1, -0.05) is 89.5 Å². The van der Waals surface area contributed by atoms with Crippen LogP contribution in [0.5, 0.6) is 11.5 Å². The molecule has 0 amide bonds. The largest absolute Gasteiger partial charge is 0.508 e. The molecule has 0 aromatic heterocycles. The third kappa shape index (κ3) is 11.2. The average molecular weight is 417 g/mol. The Balaban J connectivity index is 0.000000300. The van der Waals surface area contributed by atoms with E-state index in [-0.39, 0.29) is 23.7 Å². The number of unbranched alkanes of at least 4 members (excludes halogenated alkanes) is 6. The van der Waals surface area contributed by atoms with Gasteiger partial charge in [-0.25, -0.2) is 0 Å². The summed E-state index contributed by atoms with van der Waals surface area (Å²) in [5.74, 6) is 0.494. The van der Waals surface area contributed by atoms with Crippen molar-refractivity contribution >= 4 is 0 Å². The van der Waals surface area contributed by atoms with Crippen LogP contribution >= 0.6 is 0 Å². The van der Waals surface area contributed by atoms with Crippen LogP contribution in [0.3, 0.4) is 0 Å². The molecule has 0 heterocycles. The van der Waals surface area contributed by atoms with Crippen LogP contribution in [-0.2, 0) is 0 Å². The van der Waals surface area contributed by atoms with Crippen molar-refractivity contribution < 1.29 is 20.4 Å². The number of rotatable bonds is 12. The van der Waals surface area contributed by atoms with Crippen molar-refractivity contribution in [3.8, 4) is 11.5 Å². The lowest BCUT2D eigenvalue weighted by molar-refractivity contribution is 0.163. The second-order valence-corrected chi connectivity index (χ2v) is 7.91. The average Bonchev–Trinajstić information content (AvgIpc) is 2.75. The van der Waals surface area contributed by atoms with Gasteiger partial charge in [0.2, 0.25) is 0 Å². The molecule has 0 spiro atoms. The SMILES string of the molecule is CCCCCCC(O)c1ccc(O)cc1.CCCCCC[C@H](O)c1ccc(O)cc1. The van der Waals surface area contributed by atoms with E-state index in [0.29, 0.717) is 0 Å². The van der Waals surface area contributed by atoms with E-state index in [1.54, 1.807) is 48.5 Å². The van der Waals surface area contributed by atoms with Crippen LogP contribution in [0.25, 0.3) is 0 Å². The predicted octanol–water partition coefficient (Wildman–Crippen LogP) is 6.79. The highest BCUT2D eigenvalue weighted by Gasteiger charge is 2.07. The predicted molar refractivity (Wildman–Crippen MR) is 124 cm³/mol. The summed E-state index contributed by atoms with van der Waals surface area (Å²) in [6, 6.07) is 13.6.